The Kier molecular flexibility index (Phi) is 3.98. The molecule has 1 N–H and O–H groups in total. The molecule has 0 amide bonds. The van der Waals surface area contributed by atoms with Gasteiger partial charge in [-0.2, -0.15) is 0 Å². The van der Waals surface area contributed by atoms with E-state index in [1.165, 1.54) is 16.5 Å². The van der Waals surface area contributed by atoms with E-state index in [1.807, 2.05) is 12.3 Å². The van der Waals surface area contributed by atoms with Crippen LogP contribution in [0.2, 0.25) is 0 Å². The van der Waals surface area contributed by atoms with Crippen LogP contribution < -0.4 is 5.32 Å². The summed E-state index contributed by atoms with van der Waals surface area (Å²) in [5.74, 6) is 0.449. The summed E-state index contributed by atoms with van der Waals surface area (Å²) in [5.41, 5.74) is 2.11. The summed E-state index contributed by atoms with van der Waals surface area (Å²) in [6, 6.07) is 0. The second kappa shape index (κ2) is 5.47. The Morgan fingerprint density at radius 2 is 2.31 bits per heavy atom. The molecule has 4 nitrogen and oxygen atoms in total. The molecule has 0 saturated heterocycles. The zero-order valence-corrected chi connectivity index (χ0v) is 10.9. The van der Waals surface area contributed by atoms with Crippen molar-refractivity contribution in [2.75, 3.05) is 6.54 Å². The molecule has 2 aromatic heterocycles. The molecule has 0 aliphatic carbocycles. The number of nitrogens with zero attached hydrogens (tertiary/aromatic N) is 3. The summed E-state index contributed by atoms with van der Waals surface area (Å²) in [7, 11) is 0. The second-order valence-electron chi connectivity index (χ2n) is 3.76. The number of hydrogen-bond acceptors (Lipinski definition) is 6. The minimum atomic E-state index is 0.449. The normalized spacial score (nSPS) is 12.9. The van der Waals surface area contributed by atoms with Gasteiger partial charge in [0, 0.05) is 35.5 Å². The van der Waals surface area contributed by atoms with Crippen molar-refractivity contribution < 1.29 is 0 Å². The third-order valence-electron chi connectivity index (χ3n) is 2.22. The minimum absolute atomic E-state index is 0.449. The van der Waals surface area contributed by atoms with Gasteiger partial charge in [-0.3, -0.25) is 0 Å². The molecule has 0 aromatic carbocycles. The summed E-state index contributed by atoms with van der Waals surface area (Å²) in [4.78, 5) is 4.48. The van der Waals surface area contributed by atoms with Gasteiger partial charge in [-0.25, -0.2) is 4.98 Å². The molecule has 1 atom stereocenters. The van der Waals surface area contributed by atoms with Crippen molar-refractivity contribution in [3.63, 3.8) is 0 Å². The van der Waals surface area contributed by atoms with Crippen molar-refractivity contribution in [3.8, 4) is 0 Å². The molecule has 0 fully saturated rings. The summed E-state index contributed by atoms with van der Waals surface area (Å²) in [6.45, 7) is 5.92. The highest BCUT2D eigenvalue weighted by Gasteiger charge is 2.09. The van der Waals surface area contributed by atoms with Crippen molar-refractivity contribution in [1.82, 2.24) is 19.9 Å². The Balaban J connectivity index is 1.78. The zero-order chi connectivity index (χ0) is 11.4. The second-order valence-corrected chi connectivity index (χ2v) is 5.25. The van der Waals surface area contributed by atoms with Crippen LogP contribution in [-0.2, 0) is 6.54 Å². The number of hydrogen-bond donors (Lipinski definition) is 1. The molecule has 0 aliphatic rings. The SMILES string of the molecule is Cc1csc(C(C)CNCc2csnn2)n1. The molecule has 0 saturated carbocycles. The fourth-order valence-electron chi connectivity index (χ4n) is 1.36. The van der Waals surface area contributed by atoms with Crippen LogP contribution >= 0.6 is 22.9 Å². The number of nitrogens with one attached hydrogen (secondary N) is 1. The molecule has 1 unspecified atom stereocenters. The van der Waals surface area contributed by atoms with E-state index in [1.54, 1.807) is 11.3 Å². The molecule has 2 heterocycles. The molecular formula is C10H14N4S2. The lowest BCUT2D eigenvalue weighted by atomic mass is 10.2. The van der Waals surface area contributed by atoms with Crippen LogP contribution in [0, 0.1) is 6.92 Å². The van der Waals surface area contributed by atoms with E-state index in [0.29, 0.717) is 5.92 Å². The van der Waals surface area contributed by atoms with Gasteiger partial charge in [0.05, 0.1) is 10.7 Å². The first-order chi connectivity index (χ1) is 7.75. The van der Waals surface area contributed by atoms with Gasteiger partial charge in [-0.15, -0.1) is 16.4 Å². The monoisotopic (exact) mass is 254 g/mol. The molecule has 2 aromatic rings. The molecule has 0 radical (unpaired) electrons. The zero-order valence-electron chi connectivity index (χ0n) is 9.30. The highest BCUT2D eigenvalue weighted by molar-refractivity contribution is 7.09. The highest BCUT2D eigenvalue weighted by atomic mass is 32.1. The van der Waals surface area contributed by atoms with Crippen LogP contribution in [0.1, 0.15) is 29.2 Å². The average molecular weight is 254 g/mol. The predicted molar refractivity (Wildman–Crippen MR) is 66.9 cm³/mol. The van der Waals surface area contributed by atoms with Crippen LogP contribution in [0.25, 0.3) is 0 Å². The fourth-order valence-corrected chi connectivity index (χ4v) is 2.67. The predicted octanol–water partition coefficient (Wildman–Crippen LogP) is 2.20. The van der Waals surface area contributed by atoms with Crippen molar-refractivity contribution in [1.29, 1.82) is 0 Å². The Hall–Kier alpha value is -0.850. The average Bonchev–Trinajstić information content (AvgIpc) is 2.89. The molecule has 2 rings (SSSR count). The van der Waals surface area contributed by atoms with Gasteiger partial charge in [-0.1, -0.05) is 11.4 Å². The van der Waals surface area contributed by atoms with Crippen molar-refractivity contribution in [2.45, 2.75) is 26.3 Å². The molecular weight excluding hydrogens is 240 g/mol. The van der Waals surface area contributed by atoms with Gasteiger partial charge in [0.1, 0.15) is 0 Å². The van der Waals surface area contributed by atoms with Crippen LogP contribution in [0.3, 0.4) is 0 Å². The summed E-state index contributed by atoms with van der Waals surface area (Å²) in [5, 5.41) is 12.6. The summed E-state index contributed by atoms with van der Waals surface area (Å²) in [6.07, 6.45) is 0. The first-order valence-corrected chi connectivity index (χ1v) is 6.86. The Bertz CT molecular complexity index is 424. The van der Waals surface area contributed by atoms with Crippen molar-refractivity contribution in [3.05, 3.63) is 27.2 Å². The van der Waals surface area contributed by atoms with Crippen LogP contribution in [-0.4, -0.2) is 21.1 Å². The third kappa shape index (κ3) is 3.07. The lowest BCUT2D eigenvalue weighted by Crippen LogP contribution is -2.19. The molecule has 86 valence electrons. The largest absolute Gasteiger partial charge is 0.310 e. The highest BCUT2D eigenvalue weighted by Crippen LogP contribution is 2.18. The smallest absolute Gasteiger partial charge is 0.0969 e. The maximum absolute atomic E-state index is 4.48. The standard InChI is InChI=1S/C10H14N4S2/c1-7(10-12-8(2)5-15-10)3-11-4-9-6-16-14-13-9/h5-7,11H,3-4H2,1-2H3. The van der Waals surface area contributed by atoms with Gasteiger partial charge >= 0.3 is 0 Å². The topological polar surface area (TPSA) is 50.7 Å². The Labute approximate surface area is 103 Å². The van der Waals surface area contributed by atoms with Crippen LogP contribution in [0.4, 0.5) is 0 Å². The molecule has 0 bridgehead atoms. The first-order valence-electron chi connectivity index (χ1n) is 5.14. The first kappa shape index (κ1) is 11.6. The third-order valence-corrected chi connectivity index (χ3v) is 3.97. The van der Waals surface area contributed by atoms with E-state index < -0.39 is 0 Å². The van der Waals surface area contributed by atoms with Gasteiger partial charge < -0.3 is 5.32 Å². The van der Waals surface area contributed by atoms with E-state index in [-0.39, 0.29) is 0 Å². The number of thiazole rings is 1. The maximum Gasteiger partial charge on any atom is 0.0969 e. The van der Waals surface area contributed by atoms with E-state index in [4.69, 9.17) is 0 Å². The molecule has 16 heavy (non-hydrogen) atoms. The van der Waals surface area contributed by atoms with Crippen LogP contribution in [0.5, 0.6) is 0 Å². The van der Waals surface area contributed by atoms with E-state index >= 15 is 0 Å². The quantitative estimate of drug-likeness (QED) is 0.888. The Morgan fingerprint density at radius 1 is 1.44 bits per heavy atom. The summed E-state index contributed by atoms with van der Waals surface area (Å²) >= 11 is 3.12. The number of aryl methyl sites for hydroxylation is 1. The van der Waals surface area contributed by atoms with Gasteiger partial charge in [-0.05, 0) is 18.5 Å². The Morgan fingerprint density at radius 3 is 2.94 bits per heavy atom. The summed E-state index contributed by atoms with van der Waals surface area (Å²) < 4.78 is 3.82. The minimum Gasteiger partial charge on any atom is -0.310 e. The van der Waals surface area contributed by atoms with Gasteiger partial charge in [0.2, 0.25) is 0 Å². The lowest BCUT2D eigenvalue weighted by molar-refractivity contribution is 0.605. The van der Waals surface area contributed by atoms with E-state index in [9.17, 15) is 0 Å². The molecule has 0 spiro atoms. The molecule has 6 heteroatoms. The van der Waals surface area contributed by atoms with Gasteiger partial charge in [0.15, 0.2) is 0 Å². The molecule has 0 aliphatic heterocycles. The van der Waals surface area contributed by atoms with Gasteiger partial charge in [0.25, 0.3) is 0 Å². The number of rotatable bonds is 5. The number of aromatic nitrogens is 3. The lowest BCUT2D eigenvalue weighted by Gasteiger charge is -2.08. The van der Waals surface area contributed by atoms with E-state index in [2.05, 4.69) is 32.2 Å². The van der Waals surface area contributed by atoms with Crippen molar-refractivity contribution >= 4 is 22.9 Å². The van der Waals surface area contributed by atoms with Crippen molar-refractivity contribution in [2.24, 2.45) is 0 Å². The maximum atomic E-state index is 4.48. The fraction of sp³-hybridized carbons (Fsp3) is 0.500. The van der Waals surface area contributed by atoms with E-state index in [0.717, 1.165) is 24.5 Å². The van der Waals surface area contributed by atoms with Crippen LogP contribution in [0.15, 0.2) is 10.8 Å².